The first-order valence-electron chi connectivity index (χ1n) is 8.74. The number of aromatic nitrogens is 3. The minimum atomic E-state index is -0.253. The summed E-state index contributed by atoms with van der Waals surface area (Å²) in [6, 6.07) is 1.69. The molecule has 0 atom stereocenters. The molecule has 0 radical (unpaired) electrons. The first-order chi connectivity index (χ1) is 12.1. The van der Waals surface area contributed by atoms with Crippen LogP contribution in [0.1, 0.15) is 75.1 Å². The predicted molar refractivity (Wildman–Crippen MR) is 91.4 cm³/mol. The maximum absolute atomic E-state index is 12.4. The standard InChI is InChI=1S/C19H20N4O2/c1-11-7-15(23-14-3-2-4-17(24)18(11)14)19(25)22-9-13-8-21-16(10-20-13)12-5-6-12/h7-8,10,12H,2-6,9H2,1H3,(H,22,25). The lowest BCUT2D eigenvalue weighted by atomic mass is 9.91. The van der Waals surface area contributed by atoms with Crippen LogP contribution < -0.4 is 5.32 Å². The summed E-state index contributed by atoms with van der Waals surface area (Å²) in [5.41, 5.74) is 4.38. The number of hydrogen-bond acceptors (Lipinski definition) is 5. The highest BCUT2D eigenvalue weighted by Crippen LogP contribution is 2.38. The fourth-order valence-electron chi connectivity index (χ4n) is 3.27. The van der Waals surface area contributed by atoms with Gasteiger partial charge in [-0.15, -0.1) is 0 Å². The van der Waals surface area contributed by atoms with Crippen molar-refractivity contribution in [3.63, 3.8) is 0 Å². The summed E-state index contributed by atoms with van der Waals surface area (Å²) in [5, 5.41) is 2.84. The van der Waals surface area contributed by atoms with Crippen molar-refractivity contribution in [3.05, 3.63) is 52.4 Å². The summed E-state index contributed by atoms with van der Waals surface area (Å²) < 4.78 is 0. The van der Waals surface area contributed by atoms with Crippen LogP contribution in [0.3, 0.4) is 0 Å². The maximum atomic E-state index is 12.4. The topological polar surface area (TPSA) is 84.8 Å². The van der Waals surface area contributed by atoms with Gasteiger partial charge in [0.25, 0.3) is 5.91 Å². The fourth-order valence-corrected chi connectivity index (χ4v) is 3.27. The smallest absolute Gasteiger partial charge is 0.270 e. The van der Waals surface area contributed by atoms with Crippen molar-refractivity contribution < 1.29 is 9.59 Å². The number of carbonyl (C=O) groups excluding carboxylic acids is 2. The van der Waals surface area contributed by atoms with Gasteiger partial charge in [-0.1, -0.05) is 0 Å². The van der Waals surface area contributed by atoms with Crippen LogP contribution >= 0.6 is 0 Å². The third-order valence-electron chi connectivity index (χ3n) is 4.77. The molecule has 2 aliphatic rings. The second-order valence-electron chi connectivity index (χ2n) is 6.81. The van der Waals surface area contributed by atoms with Gasteiger partial charge in [0.05, 0.1) is 29.8 Å². The van der Waals surface area contributed by atoms with Crippen LogP contribution in [0.2, 0.25) is 0 Å². The first-order valence-corrected chi connectivity index (χ1v) is 8.74. The molecule has 0 bridgehead atoms. The molecule has 6 nitrogen and oxygen atoms in total. The van der Waals surface area contributed by atoms with Gasteiger partial charge in [-0.3, -0.25) is 19.6 Å². The van der Waals surface area contributed by atoms with Crippen molar-refractivity contribution >= 4 is 11.7 Å². The SMILES string of the molecule is Cc1cc(C(=O)NCc2cnc(C3CC3)cn2)nc2c1C(=O)CCC2. The van der Waals surface area contributed by atoms with Gasteiger partial charge in [0, 0.05) is 24.1 Å². The highest BCUT2D eigenvalue weighted by molar-refractivity contribution is 6.00. The van der Waals surface area contributed by atoms with Gasteiger partial charge < -0.3 is 5.32 Å². The zero-order chi connectivity index (χ0) is 17.4. The van der Waals surface area contributed by atoms with Crippen molar-refractivity contribution in [1.82, 2.24) is 20.3 Å². The third kappa shape index (κ3) is 3.29. The molecule has 128 valence electrons. The monoisotopic (exact) mass is 336 g/mol. The molecule has 2 heterocycles. The van der Waals surface area contributed by atoms with E-state index < -0.39 is 0 Å². The molecule has 0 unspecified atom stereocenters. The number of nitrogens with zero attached hydrogens (tertiary/aromatic N) is 3. The van der Waals surface area contributed by atoms with Gasteiger partial charge >= 0.3 is 0 Å². The molecule has 1 N–H and O–H groups in total. The zero-order valence-corrected chi connectivity index (χ0v) is 14.2. The normalized spacial score (nSPS) is 16.4. The summed E-state index contributed by atoms with van der Waals surface area (Å²) in [4.78, 5) is 37.6. The Morgan fingerprint density at radius 2 is 2.08 bits per heavy atom. The number of hydrogen-bond donors (Lipinski definition) is 1. The van der Waals surface area contributed by atoms with E-state index in [1.807, 2.05) is 6.92 Å². The lowest BCUT2D eigenvalue weighted by Crippen LogP contribution is -2.26. The molecule has 1 amide bonds. The maximum Gasteiger partial charge on any atom is 0.270 e. The van der Waals surface area contributed by atoms with E-state index in [2.05, 4.69) is 20.3 Å². The molecule has 2 aliphatic carbocycles. The minimum Gasteiger partial charge on any atom is -0.345 e. The molecule has 0 aliphatic heterocycles. The Morgan fingerprint density at radius 3 is 2.80 bits per heavy atom. The highest BCUT2D eigenvalue weighted by atomic mass is 16.2. The largest absolute Gasteiger partial charge is 0.345 e. The van der Waals surface area contributed by atoms with Gasteiger partial charge in [0.15, 0.2) is 5.78 Å². The summed E-state index contributed by atoms with van der Waals surface area (Å²) in [6.07, 6.45) is 8.01. The molecule has 2 aromatic rings. The third-order valence-corrected chi connectivity index (χ3v) is 4.77. The summed E-state index contributed by atoms with van der Waals surface area (Å²) >= 11 is 0. The van der Waals surface area contributed by atoms with E-state index in [0.29, 0.717) is 30.1 Å². The van der Waals surface area contributed by atoms with Crippen LogP contribution in [-0.2, 0) is 13.0 Å². The molecule has 4 rings (SSSR count). The van der Waals surface area contributed by atoms with E-state index in [-0.39, 0.29) is 11.7 Å². The summed E-state index contributed by atoms with van der Waals surface area (Å²) in [5.74, 6) is 0.447. The van der Waals surface area contributed by atoms with Crippen molar-refractivity contribution in [2.45, 2.75) is 51.5 Å². The van der Waals surface area contributed by atoms with Crippen molar-refractivity contribution in [3.8, 4) is 0 Å². The van der Waals surface area contributed by atoms with Gasteiger partial charge in [-0.05, 0) is 44.2 Å². The number of nitrogens with one attached hydrogen (secondary N) is 1. The number of carbonyl (C=O) groups is 2. The molecule has 6 heteroatoms. The fraction of sp³-hybridized carbons (Fsp3) is 0.421. The van der Waals surface area contributed by atoms with E-state index in [0.717, 1.165) is 35.5 Å². The Hall–Kier alpha value is -2.63. The molecule has 0 saturated heterocycles. The molecule has 2 aromatic heterocycles. The number of ketones is 1. The molecule has 1 saturated carbocycles. The first kappa shape index (κ1) is 15.9. The van der Waals surface area contributed by atoms with E-state index in [9.17, 15) is 9.59 Å². The van der Waals surface area contributed by atoms with Gasteiger partial charge in [-0.2, -0.15) is 0 Å². The molecule has 1 fully saturated rings. The lowest BCUT2D eigenvalue weighted by Gasteiger charge is -2.17. The average Bonchev–Trinajstić information content (AvgIpc) is 3.45. The lowest BCUT2D eigenvalue weighted by molar-refractivity contribution is 0.0937. The zero-order valence-electron chi connectivity index (χ0n) is 14.2. The number of aryl methyl sites for hydroxylation is 2. The number of fused-ring (bicyclic) bond motifs is 1. The van der Waals surface area contributed by atoms with E-state index >= 15 is 0 Å². The molecule has 0 spiro atoms. The van der Waals surface area contributed by atoms with E-state index in [1.54, 1.807) is 18.5 Å². The van der Waals surface area contributed by atoms with Crippen LogP contribution in [0.25, 0.3) is 0 Å². The van der Waals surface area contributed by atoms with Crippen molar-refractivity contribution in [2.24, 2.45) is 0 Å². The van der Waals surface area contributed by atoms with Crippen LogP contribution in [-0.4, -0.2) is 26.6 Å². The molecule has 0 aromatic carbocycles. The average molecular weight is 336 g/mol. The number of rotatable bonds is 4. The second-order valence-corrected chi connectivity index (χ2v) is 6.81. The van der Waals surface area contributed by atoms with Crippen molar-refractivity contribution in [1.29, 1.82) is 0 Å². The Morgan fingerprint density at radius 1 is 1.24 bits per heavy atom. The Labute approximate surface area is 146 Å². The molecule has 25 heavy (non-hydrogen) atoms. The van der Waals surface area contributed by atoms with Crippen LogP contribution in [0.4, 0.5) is 0 Å². The summed E-state index contributed by atoms with van der Waals surface area (Å²) in [6.45, 7) is 2.18. The minimum absolute atomic E-state index is 0.129. The highest BCUT2D eigenvalue weighted by Gasteiger charge is 2.25. The quantitative estimate of drug-likeness (QED) is 0.927. The van der Waals surface area contributed by atoms with Gasteiger partial charge in [0.2, 0.25) is 0 Å². The number of amides is 1. The number of Topliss-reactive ketones (excluding diaryl/α,β-unsaturated/α-hetero) is 1. The Bertz CT molecular complexity index is 841. The predicted octanol–water partition coefficient (Wildman–Crippen LogP) is 2.51. The molecular weight excluding hydrogens is 316 g/mol. The van der Waals surface area contributed by atoms with Crippen molar-refractivity contribution in [2.75, 3.05) is 0 Å². The Balaban J connectivity index is 1.45. The summed E-state index contributed by atoms with van der Waals surface area (Å²) in [7, 11) is 0. The Kier molecular flexibility index (Phi) is 4.03. The van der Waals surface area contributed by atoms with Gasteiger partial charge in [0.1, 0.15) is 5.69 Å². The van der Waals surface area contributed by atoms with Crippen LogP contribution in [0, 0.1) is 6.92 Å². The number of pyridine rings is 1. The van der Waals surface area contributed by atoms with Crippen LogP contribution in [0.5, 0.6) is 0 Å². The van der Waals surface area contributed by atoms with Crippen LogP contribution in [0.15, 0.2) is 18.5 Å². The van der Waals surface area contributed by atoms with E-state index in [4.69, 9.17) is 0 Å². The van der Waals surface area contributed by atoms with E-state index in [1.165, 1.54) is 12.8 Å². The second kappa shape index (κ2) is 6.35. The van der Waals surface area contributed by atoms with Gasteiger partial charge in [-0.25, -0.2) is 4.98 Å². The molecular formula is C19H20N4O2.